The van der Waals surface area contributed by atoms with Crippen LogP contribution in [0.5, 0.6) is 0 Å². The molecule has 100 valence electrons. The molecule has 1 aliphatic heterocycles. The molecule has 1 aliphatic rings. The Hall–Kier alpha value is -0.860. The van der Waals surface area contributed by atoms with Crippen molar-refractivity contribution in [3.05, 3.63) is 35.9 Å². The predicted octanol–water partition coefficient (Wildman–Crippen LogP) is 2.65. The van der Waals surface area contributed by atoms with Crippen molar-refractivity contribution >= 4 is 0 Å². The summed E-state index contributed by atoms with van der Waals surface area (Å²) < 4.78 is 0. The van der Waals surface area contributed by atoms with Gasteiger partial charge in [0.05, 0.1) is 0 Å². The average Bonchev–Trinajstić information content (AvgIpc) is 2.41. The van der Waals surface area contributed by atoms with Crippen LogP contribution in [0.1, 0.15) is 31.7 Å². The van der Waals surface area contributed by atoms with E-state index in [1.807, 2.05) is 0 Å². The second-order valence-electron chi connectivity index (χ2n) is 5.79. The number of piperidine rings is 1. The van der Waals surface area contributed by atoms with Crippen LogP contribution in [0.4, 0.5) is 0 Å². The van der Waals surface area contributed by atoms with Crippen molar-refractivity contribution in [3.8, 4) is 0 Å². The Balaban J connectivity index is 2.10. The van der Waals surface area contributed by atoms with Gasteiger partial charge in [-0.25, -0.2) is 0 Å². The van der Waals surface area contributed by atoms with Gasteiger partial charge in [-0.15, -0.1) is 0 Å². The molecule has 1 unspecified atom stereocenters. The number of hydrogen-bond acceptors (Lipinski definition) is 2. The van der Waals surface area contributed by atoms with Gasteiger partial charge in [0.2, 0.25) is 0 Å². The predicted molar refractivity (Wildman–Crippen MR) is 78.0 cm³/mol. The number of rotatable bonds is 5. The number of nitrogens with zero attached hydrogens (tertiary/aromatic N) is 1. The first-order chi connectivity index (χ1) is 8.74. The zero-order chi connectivity index (χ0) is 12.8. The van der Waals surface area contributed by atoms with Gasteiger partial charge in [0.1, 0.15) is 0 Å². The first-order valence-corrected chi connectivity index (χ1v) is 7.17. The first kappa shape index (κ1) is 13.6. The molecule has 0 aromatic heterocycles. The van der Waals surface area contributed by atoms with E-state index in [2.05, 4.69) is 54.5 Å². The Kier molecular flexibility index (Phi) is 4.79. The van der Waals surface area contributed by atoms with Gasteiger partial charge in [0.15, 0.2) is 0 Å². The number of likely N-dealkylation sites (N-methyl/N-ethyl adjacent to an activating group) is 1. The van der Waals surface area contributed by atoms with E-state index in [9.17, 15) is 0 Å². The van der Waals surface area contributed by atoms with Crippen molar-refractivity contribution in [1.29, 1.82) is 0 Å². The van der Waals surface area contributed by atoms with Crippen molar-refractivity contribution in [2.45, 2.75) is 31.6 Å². The molecular formula is C16H26N2. The zero-order valence-corrected chi connectivity index (χ0v) is 11.8. The molecule has 1 atom stereocenters. The van der Waals surface area contributed by atoms with Crippen LogP contribution in [0.15, 0.2) is 30.3 Å². The van der Waals surface area contributed by atoms with E-state index >= 15 is 0 Å². The zero-order valence-electron chi connectivity index (χ0n) is 11.8. The Morgan fingerprint density at radius 3 is 2.39 bits per heavy atom. The fourth-order valence-corrected chi connectivity index (χ4v) is 3.09. The van der Waals surface area contributed by atoms with Crippen LogP contribution in [0.25, 0.3) is 0 Å². The summed E-state index contributed by atoms with van der Waals surface area (Å²) in [6.07, 6.45) is 4.14. The number of hydrogen-bond donors (Lipinski definition) is 1. The summed E-state index contributed by atoms with van der Waals surface area (Å²) in [6.45, 7) is 7.12. The molecule has 1 aromatic carbocycles. The highest BCUT2D eigenvalue weighted by Gasteiger charge is 2.28. The molecule has 0 bridgehead atoms. The molecule has 0 saturated carbocycles. The van der Waals surface area contributed by atoms with E-state index < -0.39 is 0 Å². The van der Waals surface area contributed by atoms with Crippen LogP contribution in [0, 0.1) is 0 Å². The summed E-state index contributed by atoms with van der Waals surface area (Å²) in [5.41, 5.74) is 1.66. The maximum absolute atomic E-state index is 3.37. The molecule has 0 amide bonds. The lowest BCUT2D eigenvalue weighted by Gasteiger charge is -2.37. The Morgan fingerprint density at radius 1 is 1.11 bits per heavy atom. The van der Waals surface area contributed by atoms with Gasteiger partial charge in [-0.3, -0.25) is 0 Å². The minimum Gasteiger partial charge on any atom is -0.319 e. The number of nitrogens with one attached hydrogen (secondary N) is 1. The summed E-state index contributed by atoms with van der Waals surface area (Å²) in [5, 5.41) is 3.37. The fraction of sp³-hybridized carbons (Fsp3) is 0.625. The van der Waals surface area contributed by atoms with Gasteiger partial charge in [0.25, 0.3) is 0 Å². The molecular weight excluding hydrogens is 220 g/mol. The maximum atomic E-state index is 3.37. The third kappa shape index (κ3) is 3.33. The van der Waals surface area contributed by atoms with Gasteiger partial charge in [-0.05, 0) is 38.5 Å². The normalized spacial score (nSPS) is 20.6. The lowest BCUT2D eigenvalue weighted by molar-refractivity contribution is 0.181. The highest BCUT2D eigenvalue weighted by Crippen LogP contribution is 2.25. The second-order valence-corrected chi connectivity index (χ2v) is 5.79. The molecule has 1 heterocycles. The molecule has 18 heavy (non-hydrogen) atoms. The molecule has 2 rings (SSSR count). The van der Waals surface area contributed by atoms with Crippen molar-refractivity contribution in [2.24, 2.45) is 0 Å². The molecule has 1 saturated heterocycles. The Labute approximate surface area is 111 Å². The summed E-state index contributed by atoms with van der Waals surface area (Å²) in [6, 6.07) is 10.9. The van der Waals surface area contributed by atoms with Crippen LogP contribution < -0.4 is 5.32 Å². The van der Waals surface area contributed by atoms with Gasteiger partial charge in [-0.1, -0.05) is 43.7 Å². The van der Waals surface area contributed by atoms with Gasteiger partial charge < -0.3 is 10.2 Å². The van der Waals surface area contributed by atoms with Crippen molar-refractivity contribution < 1.29 is 0 Å². The van der Waals surface area contributed by atoms with Gasteiger partial charge in [0, 0.05) is 18.5 Å². The largest absolute Gasteiger partial charge is 0.319 e. The minimum atomic E-state index is 0.216. The highest BCUT2D eigenvalue weighted by molar-refractivity contribution is 5.25. The molecule has 0 spiro atoms. The Bertz CT molecular complexity index is 343. The lowest BCUT2D eigenvalue weighted by atomic mass is 9.81. The molecule has 1 N–H and O–H groups in total. The molecule has 0 radical (unpaired) electrons. The van der Waals surface area contributed by atoms with Crippen LogP contribution in [-0.2, 0) is 5.41 Å². The Morgan fingerprint density at radius 2 is 1.78 bits per heavy atom. The summed E-state index contributed by atoms with van der Waals surface area (Å²) in [7, 11) is 2.05. The van der Waals surface area contributed by atoms with E-state index in [0.29, 0.717) is 0 Å². The lowest BCUT2D eigenvalue weighted by Crippen LogP contribution is -2.46. The van der Waals surface area contributed by atoms with Crippen LogP contribution >= 0.6 is 0 Å². The summed E-state index contributed by atoms with van der Waals surface area (Å²) >= 11 is 0. The van der Waals surface area contributed by atoms with Gasteiger partial charge >= 0.3 is 0 Å². The van der Waals surface area contributed by atoms with E-state index in [1.54, 1.807) is 0 Å². The number of likely N-dealkylation sites (tertiary alicyclic amines) is 1. The number of benzene rings is 1. The summed E-state index contributed by atoms with van der Waals surface area (Å²) in [5.74, 6) is 0. The molecule has 1 aromatic rings. The third-order valence-corrected chi connectivity index (χ3v) is 4.06. The second kappa shape index (κ2) is 6.35. The maximum Gasteiger partial charge on any atom is 0.0176 e. The highest BCUT2D eigenvalue weighted by atomic mass is 15.1. The van der Waals surface area contributed by atoms with Crippen LogP contribution in [-0.4, -0.2) is 38.1 Å². The first-order valence-electron chi connectivity index (χ1n) is 7.17. The minimum absolute atomic E-state index is 0.216. The summed E-state index contributed by atoms with van der Waals surface area (Å²) in [4.78, 5) is 2.63. The van der Waals surface area contributed by atoms with Crippen LogP contribution in [0.3, 0.4) is 0 Å². The average molecular weight is 246 g/mol. The van der Waals surface area contributed by atoms with E-state index in [1.165, 1.54) is 37.9 Å². The smallest absolute Gasteiger partial charge is 0.0176 e. The molecule has 1 fully saturated rings. The SMILES string of the molecule is CNCC(C)(CN1CCCCC1)c1ccccc1. The van der Waals surface area contributed by atoms with Crippen molar-refractivity contribution in [2.75, 3.05) is 33.2 Å². The van der Waals surface area contributed by atoms with E-state index in [4.69, 9.17) is 0 Å². The van der Waals surface area contributed by atoms with E-state index in [0.717, 1.165) is 13.1 Å². The van der Waals surface area contributed by atoms with Gasteiger partial charge in [-0.2, -0.15) is 0 Å². The quantitative estimate of drug-likeness (QED) is 0.859. The molecule has 2 nitrogen and oxygen atoms in total. The molecule has 0 aliphatic carbocycles. The van der Waals surface area contributed by atoms with Crippen LogP contribution in [0.2, 0.25) is 0 Å². The van der Waals surface area contributed by atoms with E-state index in [-0.39, 0.29) is 5.41 Å². The fourth-order valence-electron chi connectivity index (χ4n) is 3.09. The van der Waals surface area contributed by atoms with Crippen molar-refractivity contribution in [3.63, 3.8) is 0 Å². The topological polar surface area (TPSA) is 15.3 Å². The third-order valence-electron chi connectivity index (χ3n) is 4.06. The standard InChI is InChI=1S/C16H26N2/c1-16(13-17-2,15-9-5-3-6-10-15)14-18-11-7-4-8-12-18/h3,5-6,9-10,17H,4,7-8,11-14H2,1-2H3. The molecule has 2 heteroatoms. The monoisotopic (exact) mass is 246 g/mol. The van der Waals surface area contributed by atoms with Crippen molar-refractivity contribution in [1.82, 2.24) is 10.2 Å².